The first-order valence-corrected chi connectivity index (χ1v) is 11.7. The van der Waals surface area contributed by atoms with Crippen LogP contribution in [0, 0.1) is 0 Å². The topological polar surface area (TPSA) is 149 Å². The van der Waals surface area contributed by atoms with Crippen LogP contribution in [0.4, 0.5) is 48.5 Å². The number of aromatic nitrogens is 4. The number of nitrogens with one attached hydrogen (secondary N) is 3. The van der Waals surface area contributed by atoms with Gasteiger partial charge in [-0.05, 0) is 42.7 Å². The van der Waals surface area contributed by atoms with Gasteiger partial charge in [0.15, 0.2) is 11.6 Å². The number of nitrogens with zero attached hydrogens (tertiary/aromatic N) is 4. The molecule has 0 aliphatic heterocycles. The number of pyridine rings is 1. The van der Waals surface area contributed by atoms with Crippen molar-refractivity contribution >= 4 is 34.8 Å². The minimum absolute atomic E-state index is 0.0395. The molecule has 41 heavy (non-hydrogen) atoms. The fourth-order valence-corrected chi connectivity index (χ4v) is 3.91. The van der Waals surface area contributed by atoms with Crippen LogP contribution in [-0.4, -0.2) is 43.9 Å². The third-order valence-electron chi connectivity index (χ3n) is 5.78. The molecule has 3 aromatic heterocycles. The molecule has 0 radical (unpaired) electrons. The fourth-order valence-electron chi connectivity index (χ4n) is 3.91. The molecule has 4 aromatic rings. The molecule has 11 nitrogen and oxygen atoms in total. The molecule has 3 heterocycles. The second kappa shape index (κ2) is 10.1. The number of anilines is 3. The molecule has 0 spiro atoms. The Morgan fingerprint density at radius 3 is 2.49 bits per heavy atom. The summed E-state index contributed by atoms with van der Waals surface area (Å²) < 4.78 is 84.2. The molecule has 1 fully saturated rings. The molecule has 214 valence electrons. The molecule has 0 unspecified atom stereocenters. The molecule has 5 N–H and O–H groups in total. The highest BCUT2D eigenvalue weighted by atomic mass is 19.4. The predicted molar refractivity (Wildman–Crippen MR) is 132 cm³/mol. The van der Waals surface area contributed by atoms with Crippen LogP contribution in [0.2, 0.25) is 0 Å². The van der Waals surface area contributed by atoms with Crippen molar-refractivity contribution in [2.75, 3.05) is 16.4 Å². The number of urea groups is 1. The number of ether oxygens (including phenoxy) is 1. The van der Waals surface area contributed by atoms with Gasteiger partial charge in [-0.2, -0.15) is 18.3 Å². The molecule has 17 heteroatoms. The van der Waals surface area contributed by atoms with Crippen molar-refractivity contribution in [2.24, 2.45) is 0 Å². The van der Waals surface area contributed by atoms with E-state index in [0.717, 1.165) is 43.4 Å². The Labute approximate surface area is 225 Å². The lowest BCUT2D eigenvalue weighted by molar-refractivity contribution is -0.274. The quantitative estimate of drug-likeness (QED) is 0.239. The summed E-state index contributed by atoms with van der Waals surface area (Å²) in [6.45, 7) is 0. The first kappa shape index (κ1) is 27.5. The number of hydrogen-bond donors (Lipinski definition) is 4. The van der Waals surface area contributed by atoms with E-state index in [4.69, 9.17) is 5.73 Å². The molecule has 1 aromatic carbocycles. The molecule has 0 saturated heterocycles. The summed E-state index contributed by atoms with van der Waals surface area (Å²) in [6.07, 6.45) is -5.95. The third-order valence-corrected chi connectivity index (χ3v) is 5.78. The van der Waals surface area contributed by atoms with E-state index >= 15 is 0 Å². The summed E-state index contributed by atoms with van der Waals surface area (Å²) in [5.74, 6) is -1.96. The van der Waals surface area contributed by atoms with Crippen molar-refractivity contribution in [3.05, 3.63) is 60.2 Å². The largest absolute Gasteiger partial charge is 0.573 e. The zero-order chi connectivity index (χ0) is 29.5. The van der Waals surface area contributed by atoms with Gasteiger partial charge in [0.25, 0.3) is 5.91 Å². The first-order valence-electron chi connectivity index (χ1n) is 11.7. The standard InChI is InChI=1S/C24H18F6N8O3/c25-23(26,27)16-2-1-3-17(36-16)37-22(40)35-14-7-4-11(8-15(14)41-24(28,29)30)18-13(21(39)34-12-5-6-12)9-38-19(18)20(31)32-10-33-38/h1-4,7-10,12H,5-6H2,(H,34,39)(H2,31,32,33)(H2,35,36,37,40). The van der Waals surface area contributed by atoms with Gasteiger partial charge in [-0.1, -0.05) is 12.1 Å². The molecule has 0 bridgehead atoms. The van der Waals surface area contributed by atoms with E-state index in [2.05, 4.69) is 30.4 Å². The minimum atomic E-state index is -5.20. The average molecular weight is 580 g/mol. The van der Waals surface area contributed by atoms with Crippen molar-refractivity contribution in [2.45, 2.75) is 31.4 Å². The smallest absolute Gasteiger partial charge is 0.404 e. The second-order valence-electron chi connectivity index (χ2n) is 8.85. The van der Waals surface area contributed by atoms with Gasteiger partial charge >= 0.3 is 18.6 Å². The van der Waals surface area contributed by atoms with E-state index in [1.54, 1.807) is 0 Å². The van der Waals surface area contributed by atoms with E-state index in [1.165, 1.54) is 16.8 Å². The van der Waals surface area contributed by atoms with Crippen molar-refractivity contribution < 1.29 is 40.7 Å². The number of amides is 3. The number of hydrogen-bond acceptors (Lipinski definition) is 7. The highest BCUT2D eigenvalue weighted by molar-refractivity contribution is 6.08. The zero-order valence-corrected chi connectivity index (χ0v) is 20.5. The summed E-state index contributed by atoms with van der Waals surface area (Å²) in [7, 11) is 0. The Morgan fingerprint density at radius 2 is 1.80 bits per heavy atom. The number of alkyl halides is 6. The fraction of sp³-hybridized carbons (Fsp3) is 0.208. The number of rotatable bonds is 6. The summed E-state index contributed by atoms with van der Waals surface area (Å²) >= 11 is 0. The molecule has 1 aliphatic rings. The Hall–Kier alpha value is -5.09. The lowest BCUT2D eigenvalue weighted by Crippen LogP contribution is -2.25. The van der Waals surface area contributed by atoms with Crippen molar-refractivity contribution in [3.63, 3.8) is 0 Å². The molecule has 1 aliphatic carbocycles. The van der Waals surface area contributed by atoms with Crippen LogP contribution in [0.5, 0.6) is 5.75 Å². The Bertz CT molecular complexity index is 1650. The van der Waals surface area contributed by atoms with Crippen molar-refractivity contribution in [1.29, 1.82) is 0 Å². The van der Waals surface area contributed by atoms with E-state index in [1.807, 2.05) is 5.32 Å². The van der Waals surface area contributed by atoms with E-state index in [-0.39, 0.29) is 34.1 Å². The normalized spacial score (nSPS) is 13.6. The van der Waals surface area contributed by atoms with Crippen LogP contribution in [0.25, 0.3) is 16.6 Å². The number of fused-ring (bicyclic) bond motifs is 1. The summed E-state index contributed by atoms with van der Waals surface area (Å²) in [6, 6.07) is 4.76. The van der Waals surface area contributed by atoms with Crippen LogP contribution in [-0.2, 0) is 6.18 Å². The Morgan fingerprint density at radius 1 is 1.05 bits per heavy atom. The third kappa shape index (κ3) is 6.23. The summed E-state index contributed by atoms with van der Waals surface area (Å²) in [4.78, 5) is 32.6. The average Bonchev–Trinajstić information content (AvgIpc) is 3.60. The van der Waals surface area contributed by atoms with Gasteiger partial charge in [-0.15, -0.1) is 13.2 Å². The van der Waals surface area contributed by atoms with E-state index in [9.17, 15) is 35.9 Å². The second-order valence-corrected chi connectivity index (χ2v) is 8.85. The van der Waals surface area contributed by atoms with Crippen LogP contribution < -0.4 is 26.4 Å². The molecule has 1 saturated carbocycles. The van der Waals surface area contributed by atoms with E-state index in [0.29, 0.717) is 6.07 Å². The SMILES string of the molecule is Nc1ncnn2cc(C(=O)NC3CC3)c(-c3ccc(NC(=O)Nc4cccc(C(F)(F)F)n4)c(OC(F)(F)F)c3)c12. The number of carbonyl (C=O) groups is 2. The first-order chi connectivity index (χ1) is 19.3. The Balaban J connectivity index is 1.51. The van der Waals surface area contributed by atoms with Crippen molar-refractivity contribution in [3.8, 4) is 16.9 Å². The molecular weight excluding hydrogens is 562 g/mol. The van der Waals surface area contributed by atoms with Gasteiger partial charge < -0.3 is 21.1 Å². The number of halogens is 6. The van der Waals surface area contributed by atoms with Gasteiger partial charge in [0.1, 0.15) is 23.4 Å². The minimum Gasteiger partial charge on any atom is -0.404 e. The number of nitrogen functional groups attached to an aromatic ring is 1. The van der Waals surface area contributed by atoms with Gasteiger partial charge in [0.05, 0.1) is 11.3 Å². The van der Waals surface area contributed by atoms with Gasteiger partial charge in [-0.3, -0.25) is 10.1 Å². The molecular formula is C24H18F6N8O3. The van der Waals surface area contributed by atoms with Crippen LogP contribution in [0.1, 0.15) is 28.9 Å². The highest BCUT2D eigenvalue weighted by Crippen LogP contribution is 2.39. The van der Waals surface area contributed by atoms with E-state index < -0.39 is 47.4 Å². The van der Waals surface area contributed by atoms with Crippen LogP contribution in [0.15, 0.2) is 48.9 Å². The number of carbonyl (C=O) groups excluding carboxylic acids is 2. The number of nitrogens with two attached hydrogens (primary N) is 1. The molecule has 5 rings (SSSR count). The maximum Gasteiger partial charge on any atom is 0.573 e. The summed E-state index contributed by atoms with van der Waals surface area (Å²) in [5.41, 5.74) is 4.57. The highest BCUT2D eigenvalue weighted by Gasteiger charge is 2.34. The maximum absolute atomic E-state index is 13.3. The Kier molecular flexibility index (Phi) is 6.80. The maximum atomic E-state index is 13.3. The number of benzene rings is 1. The predicted octanol–water partition coefficient (Wildman–Crippen LogP) is 4.83. The van der Waals surface area contributed by atoms with Gasteiger partial charge in [-0.25, -0.2) is 19.3 Å². The molecule has 0 atom stereocenters. The summed E-state index contributed by atoms with van der Waals surface area (Å²) in [5, 5.41) is 10.9. The zero-order valence-electron chi connectivity index (χ0n) is 20.5. The van der Waals surface area contributed by atoms with Crippen molar-refractivity contribution in [1.82, 2.24) is 24.9 Å². The van der Waals surface area contributed by atoms with Crippen LogP contribution in [0.3, 0.4) is 0 Å². The van der Waals surface area contributed by atoms with Crippen LogP contribution >= 0.6 is 0 Å². The lowest BCUT2D eigenvalue weighted by atomic mass is 10.0. The lowest BCUT2D eigenvalue weighted by Gasteiger charge is -2.16. The van der Waals surface area contributed by atoms with Gasteiger partial charge in [0.2, 0.25) is 0 Å². The van der Waals surface area contributed by atoms with Gasteiger partial charge in [0, 0.05) is 17.8 Å². The molecule has 3 amide bonds. The monoisotopic (exact) mass is 580 g/mol.